The van der Waals surface area contributed by atoms with Gasteiger partial charge in [0.2, 0.25) is 0 Å². The Morgan fingerprint density at radius 1 is 1.05 bits per heavy atom. The van der Waals surface area contributed by atoms with Crippen LogP contribution in [0.5, 0.6) is 0 Å². The van der Waals surface area contributed by atoms with Gasteiger partial charge in [-0.3, -0.25) is 0 Å². The van der Waals surface area contributed by atoms with Gasteiger partial charge in [-0.25, -0.2) is 0 Å². The van der Waals surface area contributed by atoms with Gasteiger partial charge in [-0.2, -0.15) is 0 Å². The van der Waals surface area contributed by atoms with Crippen molar-refractivity contribution in [3.8, 4) is 0 Å². The van der Waals surface area contributed by atoms with E-state index < -0.39 is 0 Å². The van der Waals surface area contributed by atoms with Crippen molar-refractivity contribution in [2.45, 2.75) is 31.6 Å². The maximum Gasteiger partial charge on any atom is 0.0846 e. The second-order valence-electron chi connectivity index (χ2n) is 4.87. The van der Waals surface area contributed by atoms with Crippen molar-refractivity contribution < 1.29 is 0 Å². The second kappa shape index (κ2) is 7.63. The average molecular weight is 417 g/mol. The molecule has 0 aliphatic heterocycles. The van der Waals surface area contributed by atoms with Crippen LogP contribution in [0.4, 0.5) is 0 Å². The van der Waals surface area contributed by atoms with Gasteiger partial charge >= 0.3 is 0 Å². The molecule has 2 rings (SSSR count). The monoisotopic (exact) mass is 414 g/mol. The Morgan fingerprint density at radius 2 is 1.75 bits per heavy atom. The number of alkyl halides is 1. The highest BCUT2D eigenvalue weighted by atomic mass is 79.9. The number of hydrogen-bond donors (Lipinski definition) is 0. The van der Waals surface area contributed by atoms with Crippen LogP contribution in [-0.2, 0) is 6.42 Å². The molecule has 106 valence electrons. The molecule has 1 atom stereocenters. The van der Waals surface area contributed by atoms with Crippen LogP contribution in [0.3, 0.4) is 0 Å². The minimum absolute atomic E-state index is 0.137. The number of hydrogen-bond acceptors (Lipinski definition) is 0. The zero-order valence-electron chi connectivity index (χ0n) is 11.4. The van der Waals surface area contributed by atoms with Gasteiger partial charge in [-0.1, -0.05) is 69.5 Å². The third-order valence-electron chi connectivity index (χ3n) is 3.32. The molecule has 1 unspecified atom stereocenters. The van der Waals surface area contributed by atoms with Crippen LogP contribution in [-0.4, -0.2) is 0 Å². The molecule has 0 saturated heterocycles. The molecular weight excluding hydrogens is 399 g/mol. The highest BCUT2D eigenvalue weighted by Crippen LogP contribution is 2.35. The van der Waals surface area contributed by atoms with Crippen LogP contribution in [0.2, 0.25) is 0 Å². The molecule has 0 aliphatic carbocycles. The molecule has 0 N–H and O–H groups in total. The fourth-order valence-electron chi connectivity index (χ4n) is 2.12. The highest BCUT2D eigenvalue weighted by molar-refractivity contribution is 9.11. The van der Waals surface area contributed by atoms with Gasteiger partial charge in [-0.15, -0.1) is 11.6 Å². The molecule has 0 amide bonds. The van der Waals surface area contributed by atoms with Crippen molar-refractivity contribution >= 4 is 43.5 Å². The number of unbranched alkanes of at least 4 members (excludes halogenated alkanes) is 1. The first-order valence-corrected chi connectivity index (χ1v) is 8.82. The molecule has 0 aromatic heterocycles. The first kappa shape index (κ1) is 16.1. The maximum atomic E-state index is 6.61. The number of benzene rings is 2. The van der Waals surface area contributed by atoms with Crippen molar-refractivity contribution in [1.29, 1.82) is 0 Å². The summed E-state index contributed by atoms with van der Waals surface area (Å²) in [6.07, 6.45) is 3.61. The maximum absolute atomic E-state index is 6.61. The van der Waals surface area contributed by atoms with Gasteiger partial charge < -0.3 is 0 Å². The predicted molar refractivity (Wildman–Crippen MR) is 94.6 cm³/mol. The smallest absolute Gasteiger partial charge is 0.0846 e. The van der Waals surface area contributed by atoms with E-state index in [4.69, 9.17) is 11.6 Å². The Morgan fingerprint density at radius 3 is 2.40 bits per heavy atom. The van der Waals surface area contributed by atoms with E-state index in [0.717, 1.165) is 26.5 Å². The fourth-order valence-corrected chi connectivity index (χ4v) is 3.43. The fraction of sp³-hybridized carbons (Fsp3) is 0.294. The lowest BCUT2D eigenvalue weighted by Gasteiger charge is -2.13. The van der Waals surface area contributed by atoms with Gasteiger partial charge in [0.25, 0.3) is 0 Å². The summed E-state index contributed by atoms with van der Waals surface area (Å²) >= 11 is 13.7. The van der Waals surface area contributed by atoms with Crippen molar-refractivity contribution in [2.75, 3.05) is 0 Å². The van der Waals surface area contributed by atoms with Crippen molar-refractivity contribution in [1.82, 2.24) is 0 Å². The topological polar surface area (TPSA) is 0 Å². The van der Waals surface area contributed by atoms with E-state index >= 15 is 0 Å². The van der Waals surface area contributed by atoms with E-state index in [9.17, 15) is 0 Å². The van der Waals surface area contributed by atoms with Gasteiger partial charge in [-0.05, 0) is 47.7 Å². The molecule has 0 bridgehead atoms. The lowest BCUT2D eigenvalue weighted by molar-refractivity contribution is 0.794. The second-order valence-corrected chi connectivity index (χ2v) is 7.08. The van der Waals surface area contributed by atoms with Crippen LogP contribution >= 0.6 is 43.5 Å². The predicted octanol–water partition coefficient (Wildman–Crippen LogP) is 6.88. The molecule has 0 fully saturated rings. The van der Waals surface area contributed by atoms with E-state index in [1.807, 2.05) is 12.1 Å². The normalized spacial score (nSPS) is 12.4. The molecule has 0 nitrogen and oxygen atoms in total. The van der Waals surface area contributed by atoms with Crippen LogP contribution in [0, 0.1) is 0 Å². The van der Waals surface area contributed by atoms with Crippen LogP contribution < -0.4 is 0 Å². The summed E-state index contributed by atoms with van der Waals surface area (Å²) in [6.45, 7) is 2.22. The lowest BCUT2D eigenvalue weighted by Crippen LogP contribution is -1.95. The van der Waals surface area contributed by atoms with Crippen molar-refractivity contribution in [2.24, 2.45) is 0 Å². The Bertz CT molecular complexity index is 564. The molecule has 0 spiro atoms. The molecular formula is C17H17Br2Cl. The molecule has 2 aromatic carbocycles. The van der Waals surface area contributed by atoms with E-state index in [0.29, 0.717) is 0 Å². The van der Waals surface area contributed by atoms with E-state index in [2.05, 4.69) is 69.1 Å². The minimum Gasteiger partial charge on any atom is -0.113 e. The van der Waals surface area contributed by atoms with E-state index in [1.54, 1.807) is 0 Å². The first-order chi connectivity index (χ1) is 9.61. The first-order valence-electron chi connectivity index (χ1n) is 6.79. The number of halogens is 3. The summed E-state index contributed by atoms with van der Waals surface area (Å²) < 4.78 is 2.08. The molecule has 0 saturated carbocycles. The van der Waals surface area contributed by atoms with Crippen LogP contribution in [0.25, 0.3) is 0 Å². The number of aryl methyl sites for hydroxylation is 1. The zero-order valence-corrected chi connectivity index (χ0v) is 15.3. The standard InChI is InChI=1S/C17H17Br2Cl/c1-2-3-4-12-5-7-13(8-6-12)17(20)15-11-14(18)9-10-16(15)19/h5-11,17H,2-4H2,1H3. The quantitative estimate of drug-likeness (QED) is 0.466. The van der Waals surface area contributed by atoms with Crippen LogP contribution in [0.1, 0.15) is 41.8 Å². The summed E-state index contributed by atoms with van der Waals surface area (Å²) in [6, 6.07) is 14.7. The largest absolute Gasteiger partial charge is 0.113 e. The third-order valence-corrected chi connectivity index (χ3v) is 5.02. The Hall–Kier alpha value is -0.310. The van der Waals surface area contributed by atoms with Gasteiger partial charge in [0, 0.05) is 8.95 Å². The molecule has 0 aliphatic rings. The van der Waals surface area contributed by atoms with Crippen molar-refractivity contribution in [3.63, 3.8) is 0 Å². The third kappa shape index (κ3) is 4.09. The summed E-state index contributed by atoms with van der Waals surface area (Å²) in [5.74, 6) is 0. The summed E-state index contributed by atoms with van der Waals surface area (Å²) in [4.78, 5) is 0. The average Bonchev–Trinajstić information content (AvgIpc) is 2.47. The molecule has 20 heavy (non-hydrogen) atoms. The number of rotatable bonds is 5. The minimum atomic E-state index is -0.137. The Labute approximate surface area is 142 Å². The molecule has 2 aromatic rings. The molecule has 0 radical (unpaired) electrons. The van der Waals surface area contributed by atoms with Crippen molar-refractivity contribution in [3.05, 3.63) is 68.1 Å². The van der Waals surface area contributed by atoms with E-state index in [1.165, 1.54) is 18.4 Å². The summed E-state index contributed by atoms with van der Waals surface area (Å²) in [7, 11) is 0. The zero-order chi connectivity index (χ0) is 14.5. The lowest BCUT2D eigenvalue weighted by atomic mass is 10.0. The SMILES string of the molecule is CCCCc1ccc(C(Cl)c2cc(Br)ccc2Br)cc1. The Balaban J connectivity index is 2.20. The van der Waals surface area contributed by atoms with Gasteiger partial charge in [0.15, 0.2) is 0 Å². The molecule has 3 heteroatoms. The van der Waals surface area contributed by atoms with Crippen LogP contribution in [0.15, 0.2) is 51.4 Å². The van der Waals surface area contributed by atoms with Gasteiger partial charge in [0.05, 0.1) is 5.38 Å². The highest BCUT2D eigenvalue weighted by Gasteiger charge is 2.14. The summed E-state index contributed by atoms with van der Waals surface area (Å²) in [5, 5.41) is -0.137. The Kier molecular flexibility index (Phi) is 6.13. The molecule has 0 heterocycles. The van der Waals surface area contributed by atoms with E-state index in [-0.39, 0.29) is 5.38 Å². The summed E-state index contributed by atoms with van der Waals surface area (Å²) in [5.41, 5.74) is 3.60. The van der Waals surface area contributed by atoms with Gasteiger partial charge in [0.1, 0.15) is 0 Å².